The topological polar surface area (TPSA) is 46.9 Å². The molecule has 2 rings (SSSR count). The SMILES string of the molecule is Cc1cc(CNC(=O)c2cccc(C(F)(F)F)c2)nn1C. The zero-order chi connectivity index (χ0) is 15.6. The van der Waals surface area contributed by atoms with E-state index in [1.807, 2.05) is 6.92 Å². The van der Waals surface area contributed by atoms with Crippen molar-refractivity contribution in [1.82, 2.24) is 15.1 Å². The molecule has 0 spiro atoms. The van der Waals surface area contributed by atoms with Crippen LogP contribution in [0, 0.1) is 6.92 Å². The molecular formula is C14H14F3N3O. The van der Waals surface area contributed by atoms with Crippen LogP contribution in [0.15, 0.2) is 30.3 Å². The minimum absolute atomic E-state index is 0.0301. The molecule has 21 heavy (non-hydrogen) atoms. The Kier molecular flexibility index (Phi) is 4.02. The first-order valence-electron chi connectivity index (χ1n) is 6.22. The van der Waals surface area contributed by atoms with Gasteiger partial charge in [-0.1, -0.05) is 6.07 Å². The van der Waals surface area contributed by atoms with Crippen molar-refractivity contribution < 1.29 is 18.0 Å². The Hall–Kier alpha value is -2.31. The van der Waals surface area contributed by atoms with Gasteiger partial charge in [-0.05, 0) is 31.2 Å². The van der Waals surface area contributed by atoms with Crippen LogP contribution < -0.4 is 5.32 Å². The van der Waals surface area contributed by atoms with E-state index < -0.39 is 17.6 Å². The van der Waals surface area contributed by atoms with Crippen molar-refractivity contribution in [2.75, 3.05) is 0 Å². The molecule has 112 valence electrons. The molecule has 0 fully saturated rings. The monoisotopic (exact) mass is 297 g/mol. The van der Waals surface area contributed by atoms with Crippen molar-refractivity contribution in [2.45, 2.75) is 19.6 Å². The summed E-state index contributed by atoms with van der Waals surface area (Å²) in [4.78, 5) is 11.9. The third-order valence-corrected chi connectivity index (χ3v) is 3.05. The van der Waals surface area contributed by atoms with E-state index in [-0.39, 0.29) is 12.1 Å². The maximum absolute atomic E-state index is 12.6. The van der Waals surface area contributed by atoms with Gasteiger partial charge in [0.1, 0.15) is 0 Å². The third kappa shape index (κ3) is 3.62. The first-order chi connectivity index (χ1) is 9.77. The maximum atomic E-state index is 12.6. The minimum atomic E-state index is -4.46. The Labute approximate surface area is 119 Å². The van der Waals surface area contributed by atoms with Gasteiger partial charge in [0.05, 0.1) is 17.8 Å². The maximum Gasteiger partial charge on any atom is 0.416 e. The molecule has 0 saturated heterocycles. The zero-order valence-electron chi connectivity index (χ0n) is 11.5. The fraction of sp³-hybridized carbons (Fsp3) is 0.286. The van der Waals surface area contributed by atoms with E-state index in [1.165, 1.54) is 12.1 Å². The van der Waals surface area contributed by atoms with Crippen LogP contribution in [0.1, 0.15) is 27.3 Å². The fourth-order valence-electron chi connectivity index (χ4n) is 1.83. The van der Waals surface area contributed by atoms with Crippen molar-refractivity contribution in [3.63, 3.8) is 0 Å². The Morgan fingerprint density at radius 3 is 2.62 bits per heavy atom. The lowest BCUT2D eigenvalue weighted by Crippen LogP contribution is -2.23. The van der Waals surface area contributed by atoms with Crippen LogP contribution in [0.25, 0.3) is 0 Å². The summed E-state index contributed by atoms with van der Waals surface area (Å²) >= 11 is 0. The van der Waals surface area contributed by atoms with E-state index in [0.29, 0.717) is 5.69 Å². The molecule has 0 aliphatic rings. The van der Waals surface area contributed by atoms with E-state index in [0.717, 1.165) is 17.8 Å². The molecule has 7 heteroatoms. The molecular weight excluding hydrogens is 283 g/mol. The number of alkyl halides is 3. The summed E-state index contributed by atoms with van der Waals surface area (Å²) in [5.74, 6) is -0.565. The highest BCUT2D eigenvalue weighted by molar-refractivity contribution is 5.94. The van der Waals surface area contributed by atoms with Crippen LogP contribution in [0.5, 0.6) is 0 Å². The van der Waals surface area contributed by atoms with E-state index in [2.05, 4.69) is 10.4 Å². The fourth-order valence-corrected chi connectivity index (χ4v) is 1.83. The summed E-state index contributed by atoms with van der Waals surface area (Å²) in [7, 11) is 1.77. The standard InChI is InChI=1S/C14H14F3N3O/c1-9-6-12(19-20(9)2)8-18-13(21)10-4-3-5-11(7-10)14(15,16)17/h3-7H,8H2,1-2H3,(H,18,21). The average Bonchev–Trinajstić information content (AvgIpc) is 2.74. The van der Waals surface area contributed by atoms with Crippen molar-refractivity contribution >= 4 is 5.91 Å². The number of carbonyl (C=O) groups excluding carboxylic acids is 1. The Balaban J connectivity index is 2.07. The van der Waals surface area contributed by atoms with Crippen LogP contribution >= 0.6 is 0 Å². The second-order valence-electron chi connectivity index (χ2n) is 4.66. The van der Waals surface area contributed by atoms with Gasteiger partial charge in [-0.3, -0.25) is 9.48 Å². The Bertz CT molecular complexity index is 642. The number of aryl methyl sites for hydroxylation is 2. The molecule has 0 atom stereocenters. The third-order valence-electron chi connectivity index (χ3n) is 3.05. The number of hydrogen-bond acceptors (Lipinski definition) is 2. The molecule has 1 heterocycles. The van der Waals surface area contributed by atoms with Crippen molar-refractivity contribution in [3.05, 3.63) is 52.8 Å². The number of hydrogen-bond donors (Lipinski definition) is 1. The van der Waals surface area contributed by atoms with Crippen LogP contribution in [0.2, 0.25) is 0 Å². The highest BCUT2D eigenvalue weighted by atomic mass is 19.4. The first kappa shape index (κ1) is 15.1. The summed E-state index contributed by atoms with van der Waals surface area (Å²) in [5, 5.41) is 6.71. The number of nitrogens with zero attached hydrogens (tertiary/aromatic N) is 2. The molecule has 1 aromatic carbocycles. The summed E-state index contributed by atoms with van der Waals surface area (Å²) < 4.78 is 39.4. The van der Waals surface area contributed by atoms with Crippen molar-refractivity contribution in [3.8, 4) is 0 Å². The van der Waals surface area contributed by atoms with Gasteiger partial charge in [0.15, 0.2) is 0 Å². The molecule has 0 aliphatic carbocycles. The van der Waals surface area contributed by atoms with Crippen molar-refractivity contribution in [1.29, 1.82) is 0 Å². The average molecular weight is 297 g/mol. The number of amides is 1. The number of carbonyl (C=O) groups is 1. The van der Waals surface area contributed by atoms with Gasteiger partial charge in [-0.15, -0.1) is 0 Å². The molecule has 0 saturated carbocycles. The predicted molar refractivity (Wildman–Crippen MR) is 70.6 cm³/mol. The summed E-state index contributed by atoms with van der Waals surface area (Å²) in [6.07, 6.45) is -4.46. The van der Waals surface area contributed by atoms with Gasteiger partial charge in [-0.25, -0.2) is 0 Å². The molecule has 2 aromatic rings. The molecule has 0 radical (unpaired) electrons. The second-order valence-corrected chi connectivity index (χ2v) is 4.66. The number of rotatable bonds is 3. The van der Waals surface area contributed by atoms with Gasteiger partial charge in [-0.2, -0.15) is 18.3 Å². The predicted octanol–water partition coefficient (Wildman–Crippen LogP) is 2.68. The second kappa shape index (κ2) is 5.59. The molecule has 4 nitrogen and oxygen atoms in total. The minimum Gasteiger partial charge on any atom is -0.346 e. The number of halogens is 3. The van der Waals surface area contributed by atoms with E-state index in [4.69, 9.17) is 0 Å². The smallest absolute Gasteiger partial charge is 0.346 e. The lowest BCUT2D eigenvalue weighted by molar-refractivity contribution is -0.137. The van der Waals surface area contributed by atoms with Crippen LogP contribution in [-0.2, 0) is 19.8 Å². The zero-order valence-corrected chi connectivity index (χ0v) is 11.5. The number of aromatic nitrogens is 2. The summed E-state index contributed by atoms with van der Waals surface area (Å²) in [6, 6.07) is 6.11. The quantitative estimate of drug-likeness (QED) is 0.947. The van der Waals surface area contributed by atoms with Crippen LogP contribution in [0.3, 0.4) is 0 Å². The summed E-state index contributed by atoms with van der Waals surface area (Å²) in [6.45, 7) is 2.03. The lowest BCUT2D eigenvalue weighted by Gasteiger charge is -2.08. The molecule has 1 amide bonds. The largest absolute Gasteiger partial charge is 0.416 e. The van der Waals surface area contributed by atoms with Gasteiger partial charge < -0.3 is 5.32 Å². The number of nitrogens with one attached hydrogen (secondary N) is 1. The van der Waals surface area contributed by atoms with Crippen LogP contribution in [0.4, 0.5) is 13.2 Å². The number of benzene rings is 1. The molecule has 0 unspecified atom stereocenters. The molecule has 1 N–H and O–H groups in total. The van der Waals surface area contributed by atoms with Gasteiger partial charge in [0, 0.05) is 18.3 Å². The van der Waals surface area contributed by atoms with Gasteiger partial charge in [0.2, 0.25) is 0 Å². The lowest BCUT2D eigenvalue weighted by atomic mass is 10.1. The van der Waals surface area contributed by atoms with E-state index in [1.54, 1.807) is 17.8 Å². The Morgan fingerprint density at radius 2 is 2.05 bits per heavy atom. The van der Waals surface area contributed by atoms with Crippen LogP contribution in [-0.4, -0.2) is 15.7 Å². The van der Waals surface area contributed by atoms with E-state index in [9.17, 15) is 18.0 Å². The van der Waals surface area contributed by atoms with Gasteiger partial charge in [0.25, 0.3) is 5.91 Å². The molecule has 0 bridgehead atoms. The highest BCUT2D eigenvalue weighted by Gasteiger charge is 2.30. The molecule has 1 aromatic heterocycles. The van der Waals surface area contributed by atoms with E-state index >= 15 is 0 Å². The normalized spacial score (nSPS) is 11.5. The molecule has 0 aliphatic heterocycles. The highest BCUT2D eigenvalue weighted by Crippen LogP contribution is 2.29. The Morgan fingerprint density at radius 1 is 1.33 bits per heavy atom. The first-order valence-corrected chi connectivity index (χ1v) is 6.22. The van der Waals surface area contributed by atoms with Gasteiger partial charge >= 0.3 is 6.18 Å². The van der Waals surface area contributed by atoms with Crippen molar-refractivity contribution in [2.24, 2.45) is 7.05 Å². The summed E-state index contributed by atoms with van der Waals surface area (Å²) in [5.41, 5.74) is 0.704.